The predicted octanol–water partition coefficient (Wildman–Crippen LogP) is 1.50. The van der Waals surface area contributed by atoms with Crippen molar-refractivity contribution in [1.82, 2.24) is 0 Å². The van der Waals surface area contributed by atoms with Crippen LogP contribution in [0.5, 0.6) is 0 Å². The van der Waals surface area contributed by atoms with Gasteiger partial charge in [0.2, 0.25) is 0 Å². The largest absolute Gasteiger partial charge is 0.382 e. The first-order chi connectivity index (χ1) is 8.77. The minimum absolute atomic E-state index is 0.0656. The summed E-state index contributed by atoms with van der Waals surface area (Å²) in [5.74, 6) is -0.156. The van der Waals surface area contributed by atoms with Crippen LogP contribution in [-0.2, 0) is 14.3 Å². The van der Waals surface area contributed by atoms with Crippen molar-refractivity contribution < 1.29 is 19.4 Å². The van der Waals surface area contributed by atoms with Gasteiger partial charge in [0, 0.05) is 17.3 Å². The Balaban J connectivity index is 1.99. The van der Waals surface area contributed by atoms with E-state index in [1.165, 1.54) is 0 Å². The molecule has 0 spiro atoms. The van der Waals surface area contributed by atoms with Crippen molar-refractivity contribution in [3.05, 3.63) is 0 Å². The van der Waals surface area contributed by atoms with Crippen LogP contribution in [0.1, 0.15) is 40.5 Å². The van der Waals surface area contributed by atoms with Crippen molar-refractivity contribution in [3.63, 3.8) is 0 Å². The van der Waals surface area contributed by atoms with Crippen LogP contribution in [-0.4, -0.2) is 35.0 Å². The van der Waals surface area contributed by atoms with Crippen LogP contribution in [0.15, 0.2) is 0 Å². The molecule has 2 saturated carbocycles. The Bertz CT molecular complexity index is 473. The first-order valence-electron chi connectivity index (χ1n) is 7.32. The zero-order chi connectivity index (χ0) is 13.8. The molecule has 0 unspecified atom stereocenters. The molecule has 4 rings (SSSR count). The Morgan fingerprint density at radius 2 is 2.00 bits per heavy atom. The van der Waals surface area contributed by atoms with Crippen LogP contribution in [0.2, 0.25) is 0 Å². The smallest absolute Gasteiger partial charge is 0.167 e. The number of carbonyl (C=O) groups is 1. The van der Waals surface area contributed by atoms with Crippen molar-refractivity contribution in [2.75, 3.05) is 0 Å². The Hall–Kier alpha value is -0.450. The van der Waals surface area contributed by atoms with E-state index in [1.807, 2.05) is 6.92 Å². The number of carbonyl (C=O) groups excluding carboxylic acids is 1. The second-order valence-corrected chi connectivity index (χ2v) is 7.67. The highest BCUT2D eigenvalue weighted by Gasteiger charge is 2.83. The normalized spacial score (nSPS) is 61.5. The molecule has 0 aromatic rings. The monoisotopic (exact) mass is 266 g/mol. The Labute approximate surface area is 113 Å². The summed E-state index contributed by atoms with van der Waals surface area (Å²) in [5.41, 5.74) is -1.21. The van der Waals surface area contributed by atoms with Crippen LogP contribution in [0.3, 0.4) is 0 Å². The minimum atomic E-state index is -1.02. The SMILES string of the molecule is C[C@@H]1C(=O)[C@H](O)[C@@]23O[C@H]4O[C@@H](CCC2(C)C)[C@]3(C)[C@H]41. The molecule has 0 radical (unpaired) electrons. The van der Waals surface area contributed by atoms with Gasteiger partial charge in [-0.3, -0.25) is 4.79 Å². The molecule has 0 aromatic carbocycles. The van der Waals surface area contributed by atoms with Crippen molar-refractivity contribution >= 4 is 5.78 Å². The van der Waals surface area contributed by atoms with Gasteiger partial charge in [-0.15, -0.1) is 0 Å². The van der Waals surface area contributed by atoms with Crippen molar-refractivity contribution in [2.45, 2.75) is 64.6 Å². The second kappa shape index (κ2) is 3.07. The Kier molecular flexibility index (Phi) is 1.99. The molecule has 2 aliphatic carbocycles. The lowest BCUT2D eigenvalue weighted by atomic mass is 9.44. The van der Waals surface area contributed by atoms with Gasteiger partial charge in [-0.1, -0.05) is 27.7 Å². The zero-order valence-electron chi connectivity index (χ0n) is 12.0. The van der Waals surface area contributed by atoms with Gasteiger partial charge in [0.25, 0.3) is 0 Å². The maximum Gasteiger partial charge on any atom is 0.167 e. The number of Topliss-reactive ketones (excluding diaryl/α,β-unsaturated/α-hetero) is 1. The molecule has 0 amide bonds. The van der Waals surface area contributed by atoms with E-state index in [0.717, 1.165) is 12.8 Å². The van der Waals surface area contributed by atoms with Crippen LogP contribution < -0.4 is 0 Å². The summed E-state index contributed by atoms with van der Waals surface area (Å²) in [4.78, 5) is 12.4. The number of aliphatic hydroxyl groups is 1. The van der Waals surface area contributed by atoms with Crippen molar-refractivity contribution in [1.29, 1.82) is 0 Å². The number of hydrogen-bond donors (Lipinski definition) is 1. The maximum atomic E-state index is 12.4. The number of ether oxygens (including phenoxy) is 2. The van der Waals surface area contributed by atoms with E-state index in [9.17, 15) is 9.90 Å². The summed E-state index contributed by atoms with van der Waals surface area (Å²) >= 11 is 0. The molecule has 4 bridgehead atoms. The van der Waals surface area contributed by atoms with E-state index in [2.05, 4.69) is 20.8 Å². The average molecular weight is 266 g/mol. The van der Waals surface area contributed by atoms with Crippen LogP contribution in [0.4, 0.5) is 0 Å². The van der Waals surface area contributed by atoms with E-state index in [0.29, 0.717) is 0 Å². The van der Waals surface area contributed by atoms with Gasteiger partial charge in [-0.25, -0.2) is 0 Å². The lowest BCUT2D eigenvalue weighted by Crippen LogP contribution is -2.74. The third kappa shape index (κ3) is 0.958. The third-order valence-corrected chi connectivity index (χ3v) is 6.73. The highest BCUT2D eigenvalue weighted by Crippen LogP contribution is 2.73. The molecule has 4 aliphatic rings. The molecule has 106 valence electrons. The highest BCUT2D eigenvalue weighted by atomic mass is 16.7. The van der Waals surface area contributed by atoms with Gasteiger partial charge in [-0.2, -0.15) is 0 Å². The highest BCUT2D eigenvalue weighted by molar-refractivity contribution is 5.89. The molecule has 4 fully saturated rings. The van der Waals surface area contributed by atoms with Crippen molar-refractivity contribution in [2.24, 2.45) is 22.7 Å². The van der Waals surface area contributed by atoms with Gasteiger partial charge < -0.3 is 14.6 Å². The summed E-state index contributed by atoms with van der Waals surface area (Å²) in [6, 6.07) is 0. The standard InChI is InChI=1S/C15H22O4/c1-7-9-12-18-8-5-6-13(2,3)15(19-12,14(8,9)4)11(17)10(7)16/h7-9,11-12,17H,5-6H2,1-4H3/t7-,8-,9-,11-,12+,14+,15+/m0/s1. The molecule has 0 aromatic heterocycles. The lowest BCUT2D eigenvalue weighted by molar-refractivity contribution is -0.333. The summed E-state index contributed by atoms with van der Waals surface area (Å²) in [6.45, 7) is 8.33. The Morgan fingerprint density at radius 1 is 1.32 bits per heavy atom. The molecule has 2 heterocycles. The predicted molar refractivity (Wildman–Crippen MR) is 67.3 cm³/mol. The van der Waals surface area contributed by atoms with E-state index in [4.69, 9.17) is 9.47 Å². The molecule has 2 aliphatic heterocycles. The van der Waals surface area contributed by atoms with Crippen molar-refractivity contribution in [3.8, 4) is 0 Å². The molecule has 4 heteroatoms. The summed E-state index contributed by atoms with van der Waals surface area (Å²) < 4.78 is 12.2. The van der Waals surface area contributed by atoms with Crippen LogP contribution in [0.25, 0.3) is 0 Å². The second-order valence-electron chi connectivity index (χ2n) is 7.67. The van der Waals surface area contributed by atoms with E-state index >= 15 is 0 Å². The van der Waals surface area contributed by atoms with Gasteiger partial charge in [0.15, 0.2) is 12.1 Å². The quantitative estimate of drug-likeness (QED) is 0.722. The molecule has 19 heavy (non-hydrogen) atoms. The van der Waals surface area contributed by atoms with Crippen LogP contribution >= 0.6 is 0 Å². The molecule has 2 saturated heterocycles. The van der Waals surface area contributed by atoms with Gasteiger partial charge in [-0.05, 0) is 18.3 Å². The molecule has 1 N–H and O–H groups in total. The van der Waals surface area contributed by atoms with Crippen LogP contribution in [0, 0.1) is 22.7 Å². The zero-order valence-corrected chi connectivity index (χ0v) is 12.0. The fourth-order valence-corrected chi connectivity index (χ4v) is 5.83. The van der Waals surface area contributed by atoms with Gasteiger partial charge in [0.1, 0.15) is 11.7 Å². The minimum Gasteiger partial charge on any atom is -0.382 e. The number of rotatable bonds is 0. The first-order valence-corrected chi connectivity index (χ1v) is 7.32. The summed E-state index contributed by atoms with van der Waals surface area (Å²) in [7, 11) is 0. The topological polar surface area (TPSA) is 55.8 Å². The fourth-order valence-electron chi connectivity index (χ4n) is 5.83. The number of aliphatic hydroxyl groups excluding tert-OH is 1. The van der Waals surface area contributed by atoms with E-state index in [1.54, 1.807) is 0 Å². The third-order valence-electron chi connectivity index (χ3n) is 6.73. The van der Waals surface area contributed by atoms with Gasteiger partial charge >= 0.3 is 0 Å². The lowest BCUT2D eigenvalue weighted by Gasteiger charge is -2.63. The first kappa shape index (κ1) is 12.3. The molecular weight excluding hydrogens is 244 g/mol. The molecule has 7 atom stereocenters. The van der Waals surface area contributed by atoms with E-state index in [-0.39, 0.29) is 40.8 Å². The van der Waals surface area contributed by atoms with Gasteiger partial charge in [0.05, 0.1) is 6.10 Å². The average Bonchev–Trinajstić information content (AvgIpc) is 2.74. The fraction of sp³-hybridized carbons (Fsp3) is 0.933. The van der Waals surface area contributed by atoms with E-state index < -0.39 is 11.7 Å². The molecule has 4 nitrogen and oxygen atoms in total. The Morgan fingerprint density at radius 3 is 2.68 bits per heavy atom. The summed E-state index contributed by atoms with van der Waals surface area (Å²) in [6.07, 6.45) is 0.705. The maximum absolute atomic E-state index is 12.4. The summed E-state index contributed by atoms with van der Waals surface area (Å²) in [5, 5.41) is 10.7. The molecular formula is C15H22O4. The number of ketones is 1. The number of hydrogen-bond acceptors (Lipinski definition) is 4.